The SMILES string of the molecule is COC(=O)CSc1nc(N)c2c3c(sc2n1)CCC[C@H]3C. The van der Waals surface area contributed by atoms with E-state index in [-0.39, 0.29) is 11.7 Å². The molecule has 0 saturated carbocycles. The summed E-state index contributed by atoms with van der Waals surface area (Å²) in [5.74, 6) is 0.949. The molecule has 112 valence electrons. The largest absolute Gasteiger partial charge is 0.468 e. The van der Waals surface area contributed by atoms with Gasteiger partial charge in [0, 0.05) is 4.88 Å². The monoisotopic (exact) mass is 323 g/mol. The van der Waals surface area contributed by atoms with Gasteiger partial charge in [0.2, 0.25) is 0 Å². The van der Waals surface area contributed by atoms with Crippen LogP contribution in [-0.4, -0.2) is 28.8 Å². The molecule has 2 N–H and O–H groups in total. The van der Waals surface area contributed by atoms with Crippen molar-refractivity contribution in [3.8, 4) is 0 Å². The summed E-state index contributed by atoms with van der Waals surface area (Å²) < 4.78 is 4.63. The summed E-state index contributed by atoms with van der Waals surface area (Å²) in [4.78, 5) is 22.5. The van der Waals surface area contributed by atoms with Crippen LogP contribution in [-0.2, 0) is 16.0 Å². The maximum Gasteiger partial charge on any atom is 0.316 e. The molecule has 2 aromatic rings. The van der Waals surface area contributed by atoms with Gasteiger partial charge in [-0.15, -0.1) is 11.3 Å². The van der Waals surface area contributed by atoms with Gasteiger partial charge in [-0.2, -0.15) is 0 Å². The number of ether oxygens (including phenoxy) is 1. The third-order valence-electron chi connectivity index (χ3n) is 3.75. The molecule has 0 aromatic carbocycles. The average Bonchev–Trinajstić information content (AvgIpc) is 2.84. The summed E-state index contributed by atoms with van der Waals surface area (Å²) in [6, 6.07) is 0. The summed E-state index contributed by atoms with van der Waals surface area (Å²) in [6.45, 7) is 2.24. The lowest BCUT2D eigenvalue weighted by Crippen LogP contribution is -2.06. The minimum atomic E-state index is -0.290. The molecule has 1 aliphatic rings. The van der Waals surface area contributed by atoms with E-state index in [4.69, 9.17) is 5.73 Å². The molecule has 21 heavy (non-hydrogen) atoms. The summed E-state index contributed by atoms with van der Waals surface area (Å²) in [7, 11) is 1.37. The number of hydrogen-bond donors (Lipinski definition) is 1. The number of fused-ring (bicyclic) bond motifs is 3. The molecule has 0 unspecified atom stereocenters. The Bertz CT molecular complexity index is 699. The number of carbonyl (C=O) groups is 1. The van der Waals surface area contributed by atoms with Crippen LogP contribution in [0.2, 0.25) is 0 Å². The molecule has 0 saturated heterocycles. The molecular weight excluding hydrogens is 306 g/mol. The number of anilines is 1. The molecule has 0 spiro atoms. The quantitative estimate of drug-likeness (QED) is 0.531. The fourth-order valence-corrected chi connectivity index (χ4v) is 4.82. The number of nitrogen functional groups attached to an aromatic ring is 1. The number of nitrogens with two attached hydrogens (primary N) is 1. The second kappa shape index (κ2) is 5.81. The van der Waals surface area contributed by atoms with Crippen molar-refractivity contribution in [2.75, 3.05) is 18.6 Å². The van der Waals surface area contributed by atoms with Crippen molar-refractivity contribution in [2.45, 2.75) is 37.3 Å². The lowest BCUT2D eigenvalue weighted by Gasteiger charge is -2.18. The fraction of sp³-hybridized carbons (Fsp3) is 0.500. The zero-order valence-electron chi connectivity index (χ0n) is 12.0. The number of carbonyl (C=O) groups excluding carboxylic acids is 1. The number of thioether (sulfide) groups is 1. The van der Waals surface area contributed by atoms with Crippen LogP contribution in [0.5, 0.6) is 0 Å². The van der Waals surface area contributed by atoms with Gasteiger partial charge < -0.3 is 10.5 Å². The Morgan fingerprint density at radius 2 is 2.33 bits per heavy atom. The lowest BCUT2D eigenvalue weighted by atomic mass is 9.87. The molecule has 0 bridgehead atoms. The highest BCUT2D eigenvalue weighted by atomic mass is 32.2. The van der Waals surface area contributed by atoms with Crippen molar-refractivity contribution >= 4 is 45.1 Å². The Balaban J connectivity index is 1.99. The second-order valence-electron chi connectivity index (χ2n) is 5.17. The molecule has 0 fully saturated rings. The van der Waals surface area contributed by atoms with E-state index in [2.05, 4.69) is 21.6 Å². The van der Waals surface area contributed by atoms with Crippen LogP contribution < -0.4 is 5.73 Å². The third-order valence-corrected chi connectivity index (χ3v) is 5.73. The van der Waals surface area contributed by atoms with Crippen LogP contribution in [0.25, 0.3) is 10.2 Å². The zero-order chi connectivity index (χ0) is 15.0. The Morgan fingerprint density at radius 3 is 3.10 bits per heavy atom. The predicted molar refractivity (Wildman–Crippen MR) is 85.9 cm³/mol. The molecule has 3 rings (SSSR count). The van der Waals surface area contributed by atoms with Crippen LogP contribution in [0, 0.1) is 0 Å². The summed E-state index contributed by atoms with van der Waals surface area (Å²) in [5.41, 5.74) is 7.49. The molecule has 2 aromatic heterocycles. The van der Waals surface area contributed by atoms with Crippen LogP contribution in [0.1, 0.15) is 36.1 Å². The second-order valence-corrected chi connectivity index (χ2v) is 7.19. The number of rotatable bonds is 3. The molecule has 0 aliphatic heterocycles. The first-order valence-corrected chi connectivity index (χ1v) is 8.68. The molecule has 1 aliphatic carbocycles. The number of esters is 1. The highest BCUT2D eigenvalue weighted by molar-refractivity contribution is 7.99. The smallest absolute Gasteiger partial charge is 0.316 e. The number of methoxy groups -OCH3 is 1. The van der Waals surface area contributed by atoms with Crippen molar-refractivity contribution in [2.24, 2.45) is 0 Å². The number of aromatic nitrogens is 2. The third kappa shape index (κ3) is 2.72. The van der Waals surface area contributed by atoms with Gasteiger partial charge in [-0.25, -0.2) is 9.97 Å². The molecule has 0 amide bonds. The van der Waals surface area contributed by atoms with Gasteiger partial charge in [0.1, 0.15) is 10.6 Å². The topological polar surface area (TPSA) is 78.1 Å². The molecular formula is C14H17N3O2S2. The fourth-order valence-electron chi connectivity index (χ4n) is 2.74. The first kappa shape index (κ1) is 14.6. The van der Waals surface area contributed by atoms with Crippen LogP contribution in [0.4, 0.5) is 5.82 Å². The van der Waals surface area contributed by atoms with E-state index in [1.54, 1.807) is 11.3 Å². The Hall–Kier alpha value is -1.34. The maximum atomic E-state index is 11.2. The van der Waals surface area contributed by atoms with Gasteiger partial charge in [-0.05, 0) is 30.7 Å². The van der Waals surface area contributed by atoms with Gasteiger partial charge in [0.25, 0.3) is 0 Å². The van der Waals surface area contributed by atoms with Gasteiger partial charge in [0.15, 0.2) is 5.16 Å². The zero-order valence-corrected chi connectivity index (χ0v) is 13.6. The van der Waals surface area contributed by atoms with Gasteiger partial charge in [0.05, 0.1) is 18.2 Å². The van der Waals surface area contributed by atoms with E-state index >= 15 is 0 Å². The molecule has 0 radical (unpaired) electrons. The van der Waals surface area contributed by atoms with Crippen molar-refractivity contribution in [1.29, 1.82) is 0 Å². The maximum absolute atomic E-state index is 11.2. The van der Waals surface area contributed by atoms with Crippen molar-refractivity contribution < 1.29 is 9.53 Å². The first-order valence-electron chi connectivity index (χ1n) is 6.88. The van der Waals surface area contributed by atoms with Crippen molar-refractivity contribution in [3.05, 3.63) is 10.4 Å². The average molecular weight is 323 g/mol. The van der Waals surface area contributed by atoms with E-state index in [0.29, 0.717) is 16.9 Å². The van der Waals surface area contributed by atoms with E-state index in [9.17, 15) is 4.79 Å². The first-order chi connectivity index (χ1) is 10.1. The van der Waals surface area contributed by atoms with E-state index in [0.717, 1.165) is 16.6 Å². The number of thiophene rings is 1. The molecule has 1 atom stereocenters. The Labute approximate surface area is 131 Å². The standard InChI is InChI=1S/C14H17N3O2S2/c1-7-4-3-5-8-10(7)11-12(15)16-14(17-13(11)21-8)20-6-9(18)19-2/h7H,3-6H2,1-2H3,(H2,15,16,17)/t7-/m1/s1. The van der Waals surface area contributed by atoms with Gasteiger partial charge in [-0.1, -0.05) is 18.7 Å². The van der Waals surface area contributed by atoms with E-state index in [1.807, 2.05) is 0 Å². The highest BCUT2D eigenvalue weighted by Gasteiger charge is 2.25. The predicted octanol–water partition coefficient (Wildman–Crippen LogP) is 2.98. The normalized spacial score (nSPS) is 17.7. The Kier molecular flexibility index (Phi) is 4.03. The number of hydrogen-bond acceptors (Lipinski definition) is 7. The molecule has 5 nitrogen and oxygen atoms in total. The molecule has 2 heterocycles. The van der Waals surface area contributed by atoms with Crippen molar-refractivity contribution in [1.82, 2.24) is 9.97 Å². The summed E-state index contributed by atoms with van der Waals surface area (Å²) >= 11 is 2.97. The van der Waals surface area contributed by atoms with E-state index in [1.165, 1.54) is 42.2 Å². The molecule has 7 heteroatoms. The lowest BCUT2D eigenvalue weighted by molar-refractivity contribution is -0.137. The highest BCUT2D eigenvalue weighted by Crippen LogP contribution is 2.43. The van der Waals surface area contributed by atoms with Gasteiger partial charge >= 0.3 is 5.97 Å². The van der Waals surface area contributed by atoms with Crippen molar-refractivity contribution in [3.63, 3.8) is 0 Å². The summed E-state index contributed by atoms with van der Waals surface area (Å²) in [6.07, 6.45) is 3.51. The van der Waals surface area contributed by atoms with Crippen LogP contribution >= 0.6 is 23.1 Å². The van der Waals surface area contributed by atoms with Crippen LogP contribution in [0.15, 0.2) is 5.16 Å². The van der Waals surface area contributed by atoms with Crippen LogP contribution in [0.3, 0.4) is 0 Å². The Morgan fingerprint density at radius 1 is 1.52 bits per heavy atom. The van der Waals surface area contributed by atoms with Gasteiger partial charge in [-0.3, -0.25) is 4.79 Å². The number of nitrogens with zero attached hydrogens (tertiary/aromatic N) is 2. The summed E-state index contributed by atoms with van der Waals surface area (Å²) in [5, 5.41) is 1.56. The minimum absolute atomic E-state index is 0.197. The van der Waals surface area contributed by atoms with E-state index < -0.39 is 0 Å². The minimum Gasteiger partial charge on any atom is -0.468 e. The number of aryl methyl sites for hydroxylation is 1.